The van der Waals surface area contributed by atoms with Gasteiger partial charge in [0.1, 0.15) is 29.0 Å². The van der Waals surface area contributed by atoms with Gasteiger partial charge in [-0.05, 0) is 98.6 Å². The molecule has 3 aromatic rings. The minimum absolute atomic E-state index is 0.0469. The predicted molar refractivity (Wildman–Crippen MR) is 231 cm³/mol. The van der Waals surface area contributed by atoms with E-state index in [2.05, 4.69) is 61.0 Å². The number of aliphatic hydroxyl groups excluding tert-OH is 1. The summed E-state index contributed by atoms with van der Waals surface area (Å²) in [5.41, 5.74) is 6.47. The number of likely N-dealkylation sites (tertiary alicyclic amines) is 1. The molecule has 3 N–H and O–H groups in total. The molecule has 310 valence electrons. The first-order valence-electron chi connectivity index (χ1n) is 20.3. The summed E-state index contributed by atoms with van der Waals surface area (Å²) in [5.74, 6) is -2.86. The number of Topliss-reactive ketones (excluding diaryl/α,β-unsaturated/α-hetero) is 1. The number of phenolic OH excluding ortho intramolecular Hbond substituents is 1. The Kier molecular flexibility index (Phi) is 22.0. The Morgan fingerprint density at radius 2 is 1.70 bits per heavy atom. The number of anilines is 2. The van der Waals surface area contributed by atoms with Gasteiger partial charge < -0.3 is 25.3 Å². The lowest BCUT2D eigenvalue weighted by Crippen LogP contribution is -2.33. The zero-order valence-corrected chi connectivity index (χ0v) is 36.2. The largest absolute Gasteiger partial charge is 0.507 e. The standard InChI is InChI=1S/C35H45N5O2.C6H10F2O.C3H8.C2H6/c1-23(24(2)31(41)16-19-40-17-10-7-11-18-40)20-27-21-26(14-15-30(27)39(5)6)33-25(3)34(28-12-8-9-13-32(28)42)38-35(37-4)29(33)22-36;1-3-4-5(9)6(2,7)8;1-3-2;1-2/h8-9,12-15,21,23-24,42H,7,10-11,16-20H2,1-6H3,(H,37,38);4,9H,3H2,1-2H3;3H2,1-2H3;1-2H3/b;5-4+;;. The number of allylic oxidation sites excluding steroid dienone is 2. The van der Waals surface area contributed by atoms with Crippen LogP contribution >= 0.6 is 0 Å². The highest BCUT2D eigenvalue weighted by atomic mass is 19.3. The van der Waals surface area contributed by atoms with Gasteiger partial charge in [-0.2, -0.15) is 14.0 Å². The fraction of sp³-hybridized carbons (Fsp3) is 0.543. The molecule has 0 radical (unpaired) electrons. The highest BCUT2D eigenvalue weighted by molar-refractivity contribution is 5.87. The Bertz CT molecular complexity index is 1720. The number of halogens is 2. The van der Waals surface area contributed by atoms with E-state index in [4.69, 9.17) is 10.1 Å². The summed E-state index contributed by atoms with van der Waals surface area (Å²) < 4.78 is 24.0. The van der Waals surface area contributed by atoms with Gasteiger partial charge in [-0.3, -0.25) is 4.79 Å². The van der Waals surface area contributed by atoms with E-state index in [9.17, 15) is 23.9 Å². The second kappa shape index (κ2) is 24.9. The second-order valence-corrected chi connectivity index (χ2v) is 14.5. The number of nitriles is 1. The molecule has 0 bridgehead atoms. The van der Waals surface area contributed by atoms with E-state index in [-0.39, 0.29) is 17.6 Å². The number of benzene rings is 2. The van der Waals surface area contributed by atoms with E-state index < -0.39 is 11.7 Å². The number of para-hydroxylation sites is 1. The maximum absolute atomic E-state index is 13.2. The molecule has 0 spiro atoms. The highest BCUT2D eigenvalue weighted by Crippen LogP contribution is 2.40. The summed E-state index contributed by atoms with van der Waals surface area (Å²) in [5, 5.41) is 32.5. The first-order chi connectivity index (χ1) is 26.5. The van der Waals surface area contributed by atoms with Crippen LogP contribution < -0.4 is 10.2 Å². The minimum atomic E-state index is -3.07. The number of aromatic nitrogens is 1. The van der Waals surface area contributed by atoms with Crippen molar-refractivity contribution in [1.29, 1.82) is 5.26 Å². The number of aromatic hydroxyl groups is 1. The van der Waals surface area contributed by atoms with Crippen LogP contribution in [0, 0.1) is 30.1 Å². The van der Waals surface area contributed by atoms with Crippen molar-refractivity contribution in [2.45, 2.75) is 113 Å². The molecule has 2 unspecified atom stereocenters. The third kappa shape index (κ3) is 14.5. The van der Waals surface area contributed by atoms with Gasteiger partial charge in [0.2, 0.25) is 0 Å². The first kappa shape index (κ1) is 49.5. The van der Waals surface area contributed by atoms with Gasteiger partial charge in [-0.25, -0.2) is 4.98 Å². The number of carbonyl (C=O) groups excluding carboxylic acids is 1. The maximum atomic E-state index is 13.2. The van der Waals surface area contributed by atoms with Gasteiger partial charge in [-0.1, -0.05) is 79.5 Å². The molecule has 2 heterocycles. The van der Waals surface area contributed by atoms with E-state index in [1.807, 2.05) is 53.1 Å². The number of ketones is 1. The van der Waals surface area contributed by atoms with Crippen molar-refractivity contribution in [3.8, 4) is 34.2 Å². The maximum Gasteiger partial charge on any atom is 0.300 e. The number of hydrogen-bond acceptors (Lipinski definition) is 8. The molecule has 2 atom stereocenters. The van der Waals surface area contributed by atoms with Gasteiger partial charge >= 0.3 is 5.92 Å². The molecular formula is C46H69F2N5O3. The second-order valence-electron chi connectivity index (χ2n) is 14.5. The average Bonchev–Trinajstić information content (AvgIpc) is 3.18. The van der Waals surface area contributed by atoms with Crippen molar-refractivity contribution >= 4 is 17.3 Å². The number of alkyl halides is 2. The fourth-order valence-corrected chi connectivity index (χ4v) is 6.50. The van der Waals surface area contributed by atoms with Crippen LogP contribution in [0.4, 0.5) is 20.3 Å². The summed E-state index contributed by atoms with van der Waals surface area (Å²) in [6.45, 7) is 19.9. The molecule has 1 aromatic heterocycles. The lowest BCUT2D eigenvalue weighted by Gasteiger charge is -2.27. The van der Waals surface area contributed by atoms with Gasteiger partial charge in [0, 0.05) is 63.8 Å². The lowest BCUT2D eigenvalue weighted by molar-refractivity contribution is -0.124. The number of carbonyl (C=O) groups is 1. The molecule has 2 aromatic carbocycles. The monoisotopic (exact) mass is 778 g/mol. The topological polar surface area (TPSA) is 113 Å². The smallest absolute Gasteiger partial charge is 0.300 e. The third-order valence-electron chi connectivity index (χ3n) is 9.67. The average molecular weight is 778 g/mol. The van der Waals surface area contributed by atoms with Crippen LogP contribution in [0.1, 0.15) is 111 Å². The van der Waals surface area contributed by atoms with Gasteiger partial charge in [0.05, 0.1) is 5.69 Å². The molecule has 1 fully saturated rings. The predicted octanol–water partition coefficient (Wildman–Crippen LogP) is 11.6. The first-order valence-corrected chi connectivity index (χ1v) is 20.3. The van der Waals surface area contributed by atoms with Crippen molar-refractivity contribution in [2.24, 2.45) is 11.8 Å². The number of phenols is 1. The van der Waals surface area contributed by atoms with Crippen molar-refractivity contribution in [3.05, 3.63) is 71.0 Å². The molecule has 0 saturated carbocycles. The van der Waals surface area contributed by atoms with Gasteiger partial charge in [0.25, 0.3) is 0 Å². The number of piperidine rings is 1. The summed E-state index contributed by atoms with van der Waals surface area (Å²) in [6, 6.07) is 15.8. The summed E-state index contributed by atoms with van der Waals surface area (Å²) in [6.07, 6.45) is 7.89. The zero-order valence-electron chi connectivity index (χ0n) is 36.2. The number of nitrogens with zero attached hydrogens (tertiary/aromatic N) is 4. The Morgan fingerprint density at radius 3 is 2.20 bits per heavy atom. The molecule has 0 amide bonds. The van der Waals surface area contributed by atoms with Crippen LogP contribution in [0.25, 0.3) is 22.4 Å². The minimum Gasteiger partial charge on any atom is -0.507 e. The Hall–Kier alpha value is -4.49. The van der Waals surface area contributed by atoms with E-state index in [0.717, 1.165) is 60.1 Å². The van der Waals surface area contributed by atoms with E-state index in [0.29, 0.717) is 48.2 Å². The zero-order chi connectivity index (χ0) is 42.6. The number of pyridine rings is 1. The molecule has 1 aliphatic rings. The fourth-order valence-electron chi connectivity index (χ4n) is 6.50. The number of rotatable bonds is 13. The Balaban J connectivity index is 0.000000963. The van der Waals surface area contributed by atoms with Crippen LogP contribution in [-0.2, 0) is 11.2 Å². The van der Waals surface area contributed by atoms with Gasteiger partial charge in [-0.15, -0.1) is 0 Å². The lowest BCUT2D eigenvalue weighted by atomic mass is 9.84. The third-order valence-corrected chi connectivity index (χ3v) is 9.67. The van der Waals surface area contributed by atoms with Crippen molar-refractivity contribution in [3.63, 3.8) is 0 Å². The van der Waals surface area contributed by atoms with E-state index in [1.54, 1.807) is 26.1 Å². The van der Waals surface area contributed by atoms with Crippen molar-refractivity contribution in [2.75, 3.05) is 51.0 Å². The quantitative estimate of drug-likeness (QED) is 0.147. The van der Waals surface area contributed by atoms with Crippen LogP contribution in [-0.4, -0.2) is 72.6 Å². The van der Waals surface area contributed by atoms with Crippen LogP contribution in [0.15, 0.2) is 54.3 Å². The molecule has 0 aliphatic carbocycles. The van der Waals surface area contributed by atoms with E-state index in [1.165, 1.54) is 25.7 Å². The van der Waals surface area contributed by atoms with Crippen LogP contribution in [0.2, 0.25) is 0 Å². The number of hydrogen-bond donors (Lipinski definition) is 3. The summed E-state index contributed by atoms with van der Waals surface area (Å²) in [4.78, 5) is 22.5. The van der Waals surface area contributed by atoms with Crippen LogP contribution in [0.3, 0.4) is 0 Å². The Labute approximate surface area is 336 Å². The van der Waals surface area contributed by atoms with Crippen LogP contribution in [0.5, 0.6) is 5.75 Å². The summed E-state index contributed by atoms with van der Waals surface area (Å²) >= 11 is 0. The Morgan fingerprint density at radius 1 is 1.09 bits per heavy atom. The van der Waals surface area contributed by atoms with Crippen molar-refractivity contribution < 1.29 is 23.8 Å². The normalized spacial score (nSPS) is 14.0. The molecular weight excluding hydrogens is 709 g/mol. The molecule has 8 nitrogen and oxygen atoms in total. The van der Waals surface area contributed by atoms with Gasteiger partial charge in [0.15, 0.2) is 5.76 Å². The number of aliphatic hydroxyl groups is 1. The van der Waals surface area contributed by atoms with Crippen molar-refractivity contribution in [1.82, 2.24) is 9.88 Å². The summed E-state index contributed by atoms with van der Waals surface area (Å²) in [7, 11) is 5.82. The molecule has 10 heteroatoms. The SMILES string of the molecule is CC.CC/C=C(/O)C(C)(F)F.CCC.CNc1nc(-c2ccccc2O)c(C)c(-c2ccc(N(C)C)c(CC(C)C(C)C(=O)CCN3CCCCC3)c2)c1C#N. The molecule has 1 aliphatic heterocycles. The molecule has 1 saturated heterocycles. The number of nitrogens with one attached hydrogen (secondary N) is 1. The molecule has 4 rings (SSSR count). The van der Waals surface area contributed by atoms with E-state index >= 15 is 0 Å². The highest BCUT2D eigenvalue weighted by Gasteiger charge is 2.27. The molecule has 56 heavy (non-hydrogen) atoms.